The second-order valence-electron chi connectivity index (χ2n) is 6.91. The number of rotatable bonds is 3. The zero-order valence-corrected chi connectivity index (χ0v) is 14.1. The minimum absolute atomic E-state index is 0.137. The summed E-state index contributed by atoms with van der Waals surface area (Å²) in [5, 5.41) is 1.17. The van der Waals surface area contributed by atoms with Gasteiger partial charge in [0.2, 0.25) is 11.8 Å². The number of aromatic nitrogens is 1. The lowest BCUT2D eigenvalue weighted by atomic mass is 10.2. The number of carbonyl (C=O) groups excluding carboxylic acids is 2. The summed E-state index contributed by atoms with van der Waals surface area (Å²) in [5.41, 5.74) is 2.21. The fourth-order valence-electron chi connectivity index (χ4n) is 3.56. The summed E-state index contributed by atoms with van der Waals surface area (Å²) in [6.07, 6.45) is 2.08. The number of nitrogens with zero attached hydrogens (tertiary/aromatic N) is 3. The maximum Gasteiger partial charge on any atom is 0.242 e. The molecule has 126 valence electrons. The van der Waals surface area contributed by atoms with E-state index < -0.39 is 0 Å². The Morgan fingerprint density at radius 2 is 1.71 bits per heavy atom. The van der Waals surface area contributed by atoms with Crippen molar-refractivity contribution in [2.75, 3.05) is 26.2 Å². The van der Waals surface area contributed by atoms with E-state index in [1.54, 1.807) is 0 Å². The maximum absolute atomic E-state index is 12.7. The third-order valence-electron chi connectivity index (χ3n) is 5.18. The van der Waals surface area contributed by atoms with E-state index in [-0.39, 0.29) is 17.7 Å². The van der Waals surface area contributed by atoms with Gasteiger partial charge in [0.05, 0.1) is 0 Å². The number of benzene rings is 1. The van der Waals surface area contributed by atoms with E-state index in [0.717, 1.165) is 24.1 Å². The largest absolute Gasteiger partial charge is 0.339 e. The lowest BCUT2D eigenvalue weighted by Gasteiger charge is -2.35. The van der Waals surface area contributed by atoms with Crippen molar-refractivity contribution in [3.05, 3.63) is 36.0 Å². The molecule has 2 aromatic rings. The number of amides is 2. The molecule has 1 aromatic carbocycles. The van der Waals surface area contributed by atoms with Crippen LogP contribution in [0.25, 0.3) is 10.9 Å². The van der Waals surface area contributed by atoms with E-state index in [1.807, 2.05) is 28.9 Å². The third-order valence-corrected chi connectivity index (χ3v) is 5.18. The number of aryl methyl sites for hydroxylation is 1. The van der Waals surface area contributed by atoms with Crippen LogP contribution in [0, 0.1) is 12.8 Å². The van der Waals surface area contributed by atoms with Gasteiger partial charge in [0, 0.05) is 43.3 Å². The van der Waals surface area contributed by atoms with Gasteiger partial charge in [0.1, 0.15) is 6.54 Å². The minimum Gasteiger partial charge on any atom is -0.339 e. The quantitative estimate of drug-likeness (QED) is 0.867. The van der Waals surface area contributed by atoms with E-state index in [1.165, 1.54) is 5.39 Å². The molecule has 1 saturated carbocycles. The number of para-hydroxylation sites is 1. The van der Waals surface area contributed by atoms with Crippen LogP contribution < -0.4 is 0 Å². The number of carbonyl (C=O) groups is 2. The summed E-state index contributed by atoms with van der Waals surface area (Å²) >= 11 is 0. The molecule has 0 bridgehead atoms. The number of piperazine rings is 1. The molecule has 0 N–H and O–H groups in total. The fourth-order valence-corrected chi connectivity index (χ4v) is 3.56. The van der Waals surface area contributed by atoms with Crippen molar-refractivity contribution in [1.82, 2.24) is 14.4 Å². The van der Waals surface area contributed by atoms with Crippen LogP contribution in [-0.4, -0.2) is 52.4 Å². The molecule has 5 nitrogen and oxygen atoms in total. The van der Waals surface area contributed by atoms with Crippen LogP contribution in [0.1, 0.15) is 18.5 Å². The van der Waals surface area contributed by atoms with E-state index in [0.29, 0.717) is 32.7 Å². The molecule has 1 aromatic heterocycles. The Kier molecular flexibility index (Phi) is 3.79. The number of fused-ring (bicyclic) bond motifs is 1. The molecule has 4 rings (SSSR count). The topological polar surface area (TPSA) is 45.6 Å². The molecule has 2 amide bonds. The molecule has 0 unspecified atom stereocenters. The molecule has 24 heavy (non-hydrogen) atoms. The van der Waals surface area contributed by atoms with Crippen LogP contribution in [0.15, 0.2) is 30.3 Å². The Hall–Kier alpha value is -2.30. The first-order chi connectivity index (χ1) is 11.6. The molecule has 5 heteroatoms. The van der Waals surface area contributed by atoms with Gasteiger partial charge < -0.3 is 14.4 Å². The lowest BCUT2D eigenvalue weighted by molar-refractivity contribution is -0.140. The molecule has 0 radical (unpaired) electrons. The SMILES string of the molecule is Cc1cc2ccccc2n1CC(=O)N1CCN(C(=O)C2CC2)CC1. The highest BCUT2D eigenvalue weighted by molar-refractivity contribution is 5.85. The van der Waals surface area contributed by atoms with E-state index in [4.69, 9.17) is 0 Å². The average Bonchev–Trinajstić information content (AvgIpc) is 3.40. The molecule has 0 spiro atoms. The highest BCUT2D eigenvalue weighted by Crippen LogP contribution is 2.31. The molecule has 1 saturated heterocycles. The van der Waals surface area contributed by atoms with Gasteiger partial charge in [-0.05, 0) is 37.3 Å². The van der Waals surface area contributed by atoms with Crippen molar-refractivity contribution in [3.8, 4) is 0 Å². The van der Waals surface area contributed by atoms with Crippen molar-refractivity contribution in [2.24, 2.45) is 5.92 Å². The first-order valence-corrected chi connectivity index (χ1v) is 8.75. The minimum atomic E-state index is 0.137. The first kappa shape index (κ1) is 15.2. The van der Waals surface area contributed by atoms with Crippen LogP contribution in [0.3, 0.4) is 0 Å². The fraction of sp³-hybridized carbons (Fsp3) is 0.474. The van der Waals surface area contributed by atoms with Crippen molar-refractivity contribution >= 4 is 22.7 Å². The van der Waals surface area contributed by atoms with Crippen molar-refractivity contribution in [2.45, 2.75) is 26.3 Å². The zero-order chi connectivity index (χ0) is 16.7. The third kappa shape index (κ3) is 2.79. The monoisotopic (exact) mass is 325 g/mol. The molecular formula is C19H23N3O2. The summed E-state index contributed by atoms with van der Waals surface area (Å²) < 4.78 is 2.08. The summed E-state index contributed by atoms with van der Waals surface area (Å²) in [7, 11) is 0. The lowest BCUT2D eigenvalue weighted by Crippen LogP contribution is -2.51. The first-order valence-electron chi connectivity index (χ1n) is 8.75. The van der Waals surface area contributed by atoms with Gasteiger partial charge in [-0.25, -0.2) is 0 Å². The van der Waals surface area contributed by atoms with Gasteiger partial charge in [-0.3, -0.25) is 9.59 Å². The Labute approximate surface area is 141 Å². The second kappa shape index (κ2) is 5.96. The van der Waals surface area contributed by atoms with Gasteiger partial charge in [-0.1, -0.05) is 18.2 Å². The van der Waals surface area contributed by atoms with Crippen LogP contribution >= 0.6 is 0 Å². The number of hydrogen-bond acceptors (Lipinski definition) is 2. The van der Waals surface area contributed by atoms with E-state index >= 15 is 0 Å². The normalized spacial score (nSPS) is 18.2. The van der Waals surface area contributed by atoms with Gasteiger partial charge in [0.15, 0.2) is 0 Å². The Balaban J connectivity index is 1.41. The van der Waals surface area contributed by atoms with E-state index in [9.17, 15) is 9.59 Å². The molecule has 2 heterocycles. The summed E-state index contributed by atoms with van der Waals surface area (Å²) in [6.45, 7) is 5.06. The smallest absolute Gasteiger partial charge is 0.242 e. The summed E-state index contributed by atoms with van der Waals surface area (Å²) in [4.78, 5) is 28.6. The Bertz CT molecular complexity index is 783. The predicted molar refractivity (Wildman–Crippen MR) is 92.6 cm³/mol. The van der Waals surface area contributed by atoms with Crippen LogP contribution in [0.2, 0.25) is 0 Å². The number of hydrogen-bond donors (Lipinski definition) is 0. The molecule has 1 aliphatic carbocycles. The van der Waals surface area contributed by atoms with Crippen LogP contribution in [0.4, 0.5) is 0 Å². The Morgan fingerprint density at radius 1 is 1.04 bits per heavy atom. The van der Waals surface area contributed by atoms with Crippen molar-refractivity contribution in [1.29, 1.82) is 0 Å². The Morgan fingerprint density at radius 3 is 2.42 bits per heavy atom. The van der Waals surface area contributed by atoms with Crippen molar-refractivity contribution in [3.63, 3.8) is 0 Å². The standard InChI is InChI=1S/C19H23N3O2/c1-14-12-16-4-2-3-5-17(16)22(14)13-18(23)20-8-10-21(11-9-20)19(24)15-6-7-15/h2-5,12,15H,6-11,13H2,1H3. The average molecular weight is 325 g/mol. The van der Waals surface area contributed by atoms with Crippen LogP contribution in [-0.2, 0) is 16.1 Å². The molecule has 0 atom stereocenters. The van der Waals surface area contributed by atoms with Gasteiger partial charge in [-0.2, -0.15) is 0 Å². The summed E-state index contributed by atoms with van der Waals surface area (Å²) in [6, 6.07) is 10.3. The second-order valence-corrected chi connectivity index (χ2v) is 6.91. The molecular weight excluding hydrogens is 302 g/mol. The van der Waals surface area contributed by atoms with Gasteiger partial charge >= 0.3 is 0 Å². The van der Waals surface area contributed by atoms with Crippen LogP contribution in [0.5, 0.6) is 0 Å². The highest BCUT2D eigenvalue weighted by Gasteiger charge is 2.35. The predicted octanol–water partition coefficient (Wildman–Crippen LogP) is 2.03. The molecule has 2 aliphatic rings. The van der Waals surface area contributed by atoms with E-state index in [2.05, 4.69) is 22.8 Å². The maximum atomic E-state index is 12.7. The highest BCUT2D eigenvalue weighted by atomic mass is 16.2. The van der Waals surface area contributed by atoms with Crippen molar-refractivity contribution < 1.29 is 9.59 Å². The zero-order valence-electron chi connectivity index (χ0n) is 14.1. The molecule has 2 fully saturated rings. The van der Waals surface area contributed by atoms with Gasteiger partial charge in [-0.15, -0.1) is 0 Å². The summed E-state index contributed by atoms with van der Waals surface area (Å²) in [5.74, 6) is 0.688. The molecule has 1 aliphatic heterocycles. The van der Waals surface area contributed by atoms with Gasteiger partial charge in [0.25, 0.3) is 0 Å².